The molecule has 0 bridgehead atoms. The van der Waals surface area contributed by atoms with E-state index in [1.165, 1.54) is 17.2 Å². The van der Waals surface area contributed by atoms with Gasteiger partial charge in [0.1, 0.15) is 5.75 Å². The van der Waals surface area contributed by atoms with E-state index in [1.54, 1.807) is 23.9 Å². The van der Waals surface area contributed by atoms with E-state index in [1.807, 2.05) is 12.1 Å². The Morgan fingerprint density at radius 1 is 1.31 bits per heavy atom. The Balaban J connectivity index is 1.56. The molecule has 6 nitrogen and oxygen atoms in total. The van der Waals surface area contributed by atoms with E-state index in [2.05, 4.69) is 24.4 Å². The molecule has 0 aromatic heterocycles. The number of nitrogens with zero attached hydrogens (tertiary/aromatic N) is 1. The molecular formula is C20H23ClN2O4S2. The van der Waals surface area contributed by atoms with Crippen LogP contribution in [-0.2, 0) is 20.6 Å². The summed E-state index contributed by atoms with van der Waals surface area (Å²) < 4.78 is 31.3. The van der Waals surface area contributed by atoms with Crippen LogP contribution in [0.4, 0.5) is 5.69 Å². The molecular weight excluding hydrogens is 432 g/mol. The molecule has 29 heavy (non-hydrogen) atoms. The van der Waals surface area contributed by atoms with Crippen molar-refractivity contribution in [3.8, 4) is 5.75 Å². The number of anilines is 1. The lowest BCUT2D eigenvalue weighted by molar-refractivity contribution is -0.127. The van der Waals surface area contributed by atoms with E-state index in [4.69, 9.17) is 16.3 Å². The Morgan fingerprint density at radius 3 is 2.79 bits per heavy atom. The number of sulfonamides is 1. The van der Waals surface area contributed by atoms with Gasteiger partial charge in [0.25, 0.3) is 5.91 Å². The summed E-state index contributed by atoms with van der Waals surface area (Å²) in [5.74, 6) is 1.60. The van der Waals surface area contributed by atoms with Gasteiger partial charge in [0, 0.05) is 23.1 Å². The minimum absolute atomic E-state index is 0.0889. The standard InChI is InChI=1S/C20H23ClN2O4S2/c1-14-5-3-4-6-15(14)13-28-10-9-22-20(24)19-12-23(29(2,25)26)17-11-16(21)7-8-18(17)27-19/h3-8,11,19H,9-10,12-13H2,1-2H3,(H,22,24)/t19-/m0/s1. The quantitative estimate of drug-likeness (QED) is 0.650. The first-order valence-electron chi connectivity index (χ1n) is 9.09. The molecule has 0 aliphatic carbocycles. The van der Waals surface area contributed by atoms with Crippen molar-refractivity contribution in [2.75, 3.05) is 29.4 Å². The summed E-state index contributed by atoms with van der Waals surface area (Å²) in [7, 11) is -3.58. The van der Waals surface area contributed by atoms with Crippen LogP contribution in [0.1, 0.15) is 11.1 Å². The fourth-order valence-electron chi connectivity index (χ4n) is 2.99. The number of thioether (sulfide) groups is 1. The molecule has 1 aliphatic heterocycles. The molecule has 1 atom stereocenters. The second-order valence-electron chi connectivity index (χ2n) is 6.78. The van der Waals surface area contributed by atoms with Gasteiger partial charge in [-0.3, -0.25) is 9.10 Å². The van der Waals surface area contributed by atoms with Crippen LogP contribution in [0.25, 0.3) is 0 Å². The Kier molecular flexibility index (Phi) is 6.97. The summed E-state index contributed by atoms with van der Waals surface area (Å²) >= 11 is 7.71. The van der Waals surface area contributed by atoms with Crippen molar-refractivity contribution in [1.82, 2.24) is 5.32 Å². The van der Waals surface area contributed by atoms with Gasteiger partial charge < -0.3 is 10.1 Å². The molecule has 156 valence electrons. The van der Waals surface area contributed by atoms with Gasteiger partial charge in [0.15, 0.2) is 6.10 Å². The summed E-state index contributed by atoms with van der Waals surface area (Å²) in [6.45, 7) is 2.46. The first-order chi connectivity index (χ1) is 13.8. The highest BCUT2D eigenvalue weighted by atomic mass is 35.5. The number of carbonyl (C=O) groups is 1. The molecule has 3 rings (SSSR count). The first-order valence-corrected chi connectivity index (χ1v) is 12.5. The molecule has 1 amide bonds. The third-order valence-electron chi connectivity index (χ3n) is 4.55. The Labute approximate surface area is 180 Å². The van der Waals surface area contributed by atoms with Crippen molar-refractivity contribution in [1.29, 1.82) is 0 Å². The van der Waals surface area contributed by atoms with Gasteiger partial charge in [-0.25, -0.2) is 8.42 Å². The maximum absolute atomic E-state index is 12.5. The van der Waals surface area contributed by atoms with Gasteiger partial charge in [-0.1, -0.05) is 35.9 Å². The first kappa shape index (κ1) is 21.8. The molecule has 0 radical (unpaired) electrons. The molecule has 0 fully saturated rings. The number of hydrogen-bond donors (Lipinski definition) is 1. The summed E-state index contributed by atoms with van der Waals surface area (Å²) in [4.78, 5) is 12.5. The highest BCUT2D eigenvalue weighted by Crippen LogP contribution is 2.37. The zero-order valence-corrected chi connectivity index (χ0v) is 18.6. The number of fused-ring (bicyclic) bond motifs is 1. The van der Waals surface area contributed by atoms with Crippen LogP contribution >= 0.6 is 23.4 Å². The second-order valence-corrected chi connectivity index (χ2v) is 10.2. The Bertz CT molecular complexity index is 998. The Morgan fingerprint density at radius 2 is 2.07 bits per heavy atom. The topological polar surface area (TPSA) is 75.7 Å². The van der Waals surface area contributed by atoms with E-state index < -0.39 is 16.1 Å². The van der Waals surface area contributed by atoms with Crippen molar-refractivity contribution >= 4 is 45.0 Å². The van der Waals surface area contributed by atoms with E-state index in [9.17, 15) is 13.2 Å². The second kappa shape index (κ2) is 9.28. The predicted octanol–water partition coefficient (Wildman–Crippen LogP) is 3.23. The minimum Gasteiger partial charge on any atom is -0.476 e. The van der Waals surface area contributed by atoms with Crippen molar-refractivity contribution in [3.63, 3.8) is 0 Å². The van der Waals surface area contributed by atoms with Crippen LogP contribution in [0.2, 0.25) is 5.02 Å². The third-order valence-corrected chi connectivity index (χ3v) is 6.94. The summed E-state index contributed by atoms with van der Waals surface area (Å²) in [5, 5.41) is 3.23. The molecule has 1 heterocycles. The molecule has 0 spiro atoms. The summed E-state index contributed by atoms with van der Waals surface area (Å²) in [6.07, 6.45) is 0.181. The minimum atomic E-state index is -3.58. The average Bonchev–Trinajstić information content (AvgIpc) is 2.67. The predicted molar refractivity (Wildman–Crippen MR) is 118 cm³/mol. The average molecular weight is 455 g/mol. The van der Waals surface area contributed by atoms with Crippen LogP contribution in [0, 0.1) is 6.92 Å². The highest BCUT2D eigenvalue weighted by molar-refractivity contribution is 7.98. The molecule has 0 unspecified atom stereocenters. The lowest BCUT2D eigenvalue weighted by atomic mass is 10.1. The van der Waals surface area contributed by atoms with Crippen molar-refractivity contribution < 1.29 is 17.9 Å². The van der Waals surface area contributed by atoms with Crippen LogP contribution < -0.4 is 14.4 Å². The number of carbonyl (C=O) groups excluding carboxylic acids is 1. The maximum Gasteiger partial charge on any atom is 0.263 e. The van der Waals surface area contributed by atoms with Crippen molar-refractivity contribution in [2.45, 2.75) is 18.8 Å². The van der Waals surface area contributed by atoms with Gasteiger partial charge in [0.05, 0.1) is 18.5 Å². The number of ether oxygens (including phenoxy) is 1. The van der Waals surface area contributed by atoms with Crippen molar-refractivity contribution in [3.05, 3.63) is 58.6 Å². The van der Waals surface area contributed by atoms with E-state index >= 15 is 0 Å². The van der Waals surface area contributed by atoms with Gasteiger partial charge in [-0.05, 0) is 36.2 Å². The summed E-state index contributed by atoms with van der Waals surface area (Å²) in [6, 6.07) is 12.9. The van der Waals surface area contributed by atoms with Crippen LogP contribution in [0.5, 0.6) is 5.75 Å². The smallest absolute Gasteiger partial charge is 0.263 e. The number of aryl methyl sites for hydroxylation is 1. The largest absolute Gasteiger partial charge is 0.476 e. The monoisotopic (exact) mass is 454 g/mol. The van der Waals surface area contributed by atoms with E-state index in [-0.39, 0.29) is 12.5 Å². The Hall–Kier alpha value is -1.90. The molecule has 2 aromatic carbocycles. The van der Waals surface area contributed by atoms with Crippen molar-refractivity contribution in [2.24, 2.45) is 0 Å². The normalized spacial score (nSPS) is 16.1. The van der Waals surface area contributed by atoms with Crippen LogP contribution in [-0.4, -0.2) is 45.5 Å². The molecule has 2 aromatic rings. The van der Waals surface area contributed by atoms with Crippen LogP contribution in [0.15, 0.2) is 42.5 Å². The van der Waals surface area contributed by atoms with Crippen LogP contribution in [0.3, 0.4) is 0 Å². The molecule has 0 saturated heterocycles. The SMILES string of the molecule is Cc1ccccc1CSCCNC(=O)[C@@H]1CN(S(C)(=O)=O)c2cc(Cl)ccc2O1. The highest BCUT2D eigenvalue weighted by Gasteiger charge is 2.35. The molecule has 0 saturated carbocycles. The number of nitrogens with one attached hydrogen (secondary N) is 1. The zero-order chi connectivity index (χ0) is 21.0. The lowest BCUT2D eigenvalue weighted by Gasteiger charge is -2.34. The van der Waals surface area contributed by atoms with Gasteiger partial charge >= 0.3 is 0 Å². The number of amides is 1. The van der Waals surface area contributed by atoms with Gasteiger partial charge in [-0.15, -0.1) is 0 Å². The van der Waals surface area contributed by atoms with Gasteiger partial charge in [-0.2, -0.15) is 11.8 Å². The maximum atomic E-state index is 12.5. The molecule has 1 aliphatic rings. The fourth-order valence-corrected chi connectivity index (χ4v) is 5.00. The molecule has 1 N–H and O–H groups in total. The fraction of sp³-hybridized carbons (Fsp3) is 0.350. The van der Waals surface area contributed by atoms with E-state index in [0.717, 1.165) is 22.1 Å². The zero-order valence-electron chi connectivity index (χ0n) is 16.2. The number of benzene rings is 2. The summed E-state index contributed by atoms with van der Waals surface area (Å²) in [5.41, 5.74) is 2.87. The van der Waals surface area contributed by atoms with E-state index in [0.29, 0.717) is 23.0 Å². The molecule has 9 heteroatoms. The lowest BCUT2D eigenvalue weighted by Crippen LogP contribution is -2.50. The number of rotatable bonds is 7. The van der Waals surface area contributed by atoms with Gasteiger partial charge in [0.2, 0.25) is 10.0 Å². The third kappa shape index (κ3) is 5.58. The number of halogens is 1. The number of hydrogen-bond acceptors (Lipinski definition) is 5.